The van der Waals surface area contributed by atoms with Crippen molar-refractivity contribution in [2.24, 2.45) is 0 Å². The van der Waals surface area contributed by atoms with Gasteiger partial charge in [-0.2, -0.15) is 0 Å². The van der Waals surface area contributed by atoms with E-state index in [1.54, 1.807) is 49.4 Å². The minimum absolute atomic E-state index is 0.00528. The van der Waals surface area contributed by atoms with Crippen LogP contribution in [0.2, 0.25) is 10.0 Å². The van der Waals surface area contributed by atoms with Crippen LogP contribution in [-0.2, 0) is 26.2 Å². The Balaban J connectivity index is 1.78. The molecule has 3 aromatic rings. The van der Waals surface area contributed by atoms with Crippen molar-refractivity contribution < 1.29 is 27.5 Å². The third-order valence-corrected chi connectivity index (χ3v) is 10.2. The van der Waals surface area contributed by atoms with Gasteiger partial charge in [0.2, 0.25) is 11.8 Å². The van der Waals surface area contributed by atoms with Crippen LogP contribution in [-0.4, -0.2) is 58.0 Å². The zero-order chi connectivity index (χ0) is 31.9. The van der Waals surface area contributed by atoms with Gasteiger partial charge < -0.3 is 19.7 Å². The van der Waals surface area contributed by atoms with E-state index in [9.17, 15) is 18.0 Å². The zero-order valence-electron chi connectivity index (χ0n) is 25.0. The summed E-state index contributed by atoms with van der Waals surface area (Å²) in [7, 11) is -1.34. The van der Waals surface area contributed by atoms with Crippen LogP contribution in [0.1, 0.15) is 44.6 Å². The van der Waals surface area contributed by atoms with Crippen molar-refractivity contribution in [3.05, 3.63) is 82.3 Å². The van der Waals surface area contributed by atoms with Crippen LogP contribution < -0.4 is 19.1 Å². The van der Waals surface area contributed by atoms with Crippen molar-refractivity contribution in [2.75, 3.05) is 25.1 Å². The number of sulfonamides is 1. The molecule has 4 rings (SSSR count). The first-order valence-electron chi connectivity index (χ1n) is 14.4. The molecule has 0 saturated heterocycles. The summed E-state index contributed by atoms with van der Waals surface area (Å²) < 4.78 is 39.9. The smallest absolute Gasteiger partial charge is 0.264 e. The molecular weight excluding hydrogens is 625 g/mol. The highest BCUT2D eigenvalue weighted by Gasteiger charge is 2.35. The lowest BCUT2D eigenvalue weighted by molar-refractivity contribution is -0.140. The van der Waals surface area contributed by atoms with E-state index < -0.39 is 28.5 Å². The number of hydrogen-bond acceptors (Lipinski definition) is 6. The number of hydrogen-bond donors (Lipinski definition) is 1. The Bertz CT molecular complexity index is 1550. The van der Waals surface area contributed by atoms with E-state index in [0.717, 1.165) is 30.0 Å². The van der Waals surface area contributed by atoms with Crippen molar-refractivity contribution in [2.45, 2.75) is 62.6 Å². The highest BCUT2D eigenvalue weighted by Crippen LogP contribution is 2.34. The maximum absolute atomic E-state index is 14.3. The molecule has 44 heavy (non-hydrogen) atoms. The lowest BCUT2D eigenvalue weighted by Gasteiger charge is -2.34. The Morgan fingerprint density at radius 2 is 1.57 bits per heavy atom. The van der Waals surface area contributed by atoms with Crippen LogP contribution in [0.15, 0.2) is 71.6 Å². The number of carbonyl (C=O) groups excluding carboxylic acids is 2. The molecule has 0 spiro atoms. The molecule has 12 heteroatoms. The average molecular weight is 663 g/mol. The number of nitrogens with zero attached hydrogens (tertiary/aromatic N) is 2. The molecule has 1 aliphatic carbocycles. The van der Waals surface area contributed by atoms with Gasteiger partial charge in [0, 0.05) is 34.3 Å². The van der Waals surface area contributed by atoms with Gasteiger partial charge in [0.15, 0.2) is 11.5 Å². The third-order valence-electron chi connectivity index (χ3n) is 7.74. The molecule has 1 N–H and O–H groups in total. The maximum atomic E-state index is 14.3. The Kier molecular flexibility index (Phi) is 11.4. The van der Waals surface area contributed by atoms with Gasteiger partial charge in [-0.1, -0.05) is 67.2 Å². The van der Waals surface area contributed by atoms with Gasteiger partial charge in [-0.05, 0) is 55.7 Å². The first-order chi connectivity index (χ1) is 21.1. The first kappa shape index (κ1) is 33.4. The summed E-state index contributed by atoms with van der Waals surface area (Å²) in [6.07, 6.45) is 4.08. The molecule has 3 aromatic carbocycles. The summed E-state index contributed by atoms with van der Waals surface area (Å²) >= 11 is 13.0. The van der Waals surface area contributed by atoms with E-state index in [0.29, 0.717) is 21.4 Å². The van der Waals surface area contributed by atoms with Crippen molar-refractivity contribution >= 4 is 50.7 Å². The summed E-state index contributed by atoms with van der Waals surface area (Å²) in [6.45, 7) is 1.10. The van der Waals surface area contributed by atoms with Crippen molar-refractivity contribution in [1.82, 2.24) is 10.2 Å². The highest BCUT2D eigenvalue weighted by atomic mass is 35.5. The number of benzene rings is 3. The maximum Gasteiger partial charge on any atom is 0.264 e. The van der Waals surface area contributed by atoms with Crippen molar-refractivity contribution in [3.63, 3.8) is 0 Å². The number of methoxy groups -OCH3 is 2. The number of rotatable bonds is 13. The number of amides is 2. The van der Waals surface area contributed by atoms with Gasteiger partial charge in [0.05, 0.1) is 24.8 Å². The van der Waals surface area contributed by atoms with Gasteiger partial charge in [0.1, 0.15) is 12.6 Å². The van der Waals surface area contributed by atoms with Crippen LogP contribution in [0.5, 0.6) is 11.5 Å². The summed E-state index contributed by atoms with van der Waals surface area (Å²) in [5.74, 6) is -0.236. The second kappa shape index (κ2) is 15.0. The highest BCUT2D eigenvalue weighted by molar-refractivity contribution is 7.92. The fourth-order valence-corrected chi connectivity index (χ4v) is 7.31. The molecule has 1 fully saturated rings. The topological polar surface area (TPSA) is 105 Å². The standard InChI is InChI=1S/C32H37Cl2N3O6S/c1-4-28(32(39)35-22-11-8-9-12-22)36(20-25-26(33)15-10-16-27(25)34)31(38)21-37(44(40,41)24-13-6-5-7-14-24)23-17-18-29(42-2)30(19-23)43-3/h5-7,10,13-19,22,28H,4,8-9,11-12,20-21H2,1-3H3,(H,35,39)/t28-/m0/s1. The Labute approximate surface area is 269 Å². The van der Waals surface area contributed by atoms with Gasteiger partial charge in [-0.15, -0.1) is 0 Å². The lowest BCUT2D eigenvalue weighted by Crippen LogP contribution is -2.53. The molecule has 0 heterocycles. The number of halogens is 2. The second-order valence-electron chi connectivity index (χ2n) is 10.5. The summed E-state index contributed by atoms with van der Waals surface area (Å²) in [6, 6.07) is 16.5. The summed E-state index contributed by atoms with van der Waals surface area (Å²) in [5, 5.41) is 3.75. The second-order valence-corrected chi connectivity index (χ2v) is 13.2. The van der Waals surface area contributed by atoms with E-state index in [-0.39, 0.29) is 41.2 Å². The van der Waals surface area contributed by atoms with E-state index in [1.165, 1.54) is 43.4 Å². The molecular formula is C32H37Cl2N3O6S. The predicted octanol–water partition coefficient (Wildman–Crippen LogP) is 6.07. The molecule has 9 nitrogen and oxygen atoms in total. The molecule has 0 aromatic heterocycles. The molecule has 0 bridgehead atoms. The molecule has 0 radical (unpaired) electrons. The molecule has 236 valence electrons. The lowest BCUT2D eigenvalue weighted by atomic mass is 10.1. The Hall–Kier alpha value is -3.47. The van der Waals surface area contributed by atoms with Gasteiger partial charge in [-0.3, -0.25) is 13.9 Å². The molecule has 1 aliphatic rings. The zero-order valence-corrected chi connectivity index (χ0v) is 27.3. The van der Waals surface area contributed by atoms with E-state index in [4.69, 9.17) is 32.7 Å². The van der Waals surface area contributed by atoms with E-state index in [1.807, 2.05) is 0 Å². The molecule has 1 atom stereocenters. The number of carbonyl (C=O) groups is 2. The van der Waals surface area contributed by atoms with Crippen molar-refractivity contribution in [1.29, 1.82) is 0 Å². The number of anilines is 1. The fourth-order valence-electron chi connectivity index (χ4n) is 5.37. The molecule has 0 unspecified atom stereocenters. The van der Waals surface area contributed by atoms with Crippen LogP contribution in [0, 0.1) is 0 Å². The van der Waals surface area contributed by atoms with Gasteiger partial charge in [0.25, 0.3) is 10.0 Å². The van der Waals surface area contributed by atoms with Crippen LogP contribution in [0.4, 0.5) is 5.69 Å². The minimum atomic E-state index is -4.25. The van der Waals surface area contributed by atoms with Crippen molar-refractivity contribution in [3.8, 4) is 11.5 Å². The van der Waals surface area contributed by atoms with Crippen LogP contribution in [0.25, 0.3) is 0 Å². The molecule has 0 aliphatic heterocycles. The number of ether oxygens (including phenoxy) is 2. The summed E-state index contributed by atoms with van der Waals surface area (Å²) in [5.41, 5.74) is 0.638. The fraction of sp³-hybridized carbons (Fsp3) is 0.375. The average Bonchev–Trinajstić information content (AvgIpc) is 3.54. The predicted molar refractivity (Wildman–Crippen MR) is 172 cm³/mol. The van der Waals surface area contributed by atoms with E-state index in [2.05, 4.69) is 5.32 Å². The first-order valence-corrected chi connectivity index (χ1v) is 16.6. The molecule has 2 amide bonds. The summed E-state index contributed by atoms with van der Waals surface area (Å²) in [4.78, 5) is 29.3. The monoisotopic (exact) mass is 661 g/mol. The Morgan fingerprint density at radius 1 is 0.932 bits per heavy atom. The normalized spacial score (nSPS) is 14.1. The van der Waals surface area contributed by atoms with Gasteiger partial charge >= 0.3 is 0 Å². The van der Waals surface area contributed by atoms with Crippen LogP contribution >= 0.6 is 23.2 Å². The third kappa shape index (κ3) is 7.60. The molecule has 1 saturated carbocycles. The Morgan fingerprint density at radius 3 is 2.16 bits per heavy atom. The van der Waals surface area contributed by atoms with E-state index >= 15 is 0 Å². The minimum Gasteiger partial charge on any atom is -0.493 e. The quantitative estimate of drug-likeness (QED) is 0.238. The van der Waals surface area contributed by atoms with Crippen LogP contribution in [0.3, 0.4) is 0 Å². The largest absolute Gasteiger partial charge is 0.493 e. The van der Waals surface area contributed by atoms with Gasteiger partial charge in [-0.25, -0.2) is 8.42 Å². The number of nitrogens with one attached hydrogen (secondary N) is 1. The SMILES string of the molecule is CC[C@@H](C(=O)NC1CCCC1)N(Cc1c(Cl)cccc1Cl)C(=O)CN(c1ccc(OC)c(OC)c1)S(=O)(=O)c1ccccc1.